The van der Waals surface area contributed by atoms with Gasteiger partial charge in [0.05, 0.1) is 23.3 Å². The molecule has 32 heavy (non-hydrogen) atoms. The standard InChI is InChI=1S/C25H29NO5S/c1-4-29-19(3)24(32(27)28)15-12-20-10-13-22(14-11-20)30-17-16-23-18(2)31-25(26-23)21-8-6-5-7-9-21/h5-11,13-14,19H,4,12,15-17H2,1-3H3. The quantitative estimate of drug-likeness (QED) is 0.391. The van der Waals surface area contributed by atoms with Gasteiger partial charge < -0.3 is 13.9 Å². The second-order valence-electron chi connectivity index (χ2n) is 7.43. The average Bonchev–Trinajstić information content (AvgIpc) is 3.16. The molecule has 0 saturated heterocycles. The highest BCUT2D eigenvalue weighted by Gasteiger charge is 2.13. The summed E-state index contributed by atoms with van der Waals surface area (Å²) in [4.78, 5) is 4.99. The third-order valence-corrected chi connectivity index (χ3v) is 6.15. The van der Waals surface area contributed by atoms with E-state index in [9.17, 15) is 8.42 Å². The van der Waals surface area contributed by atoms with Crippen LogP contribution in [0.2, 0.25) is 0 Å². The van der Waals surface area contributed by atoms with Gasteiger partial charge in [-0.3, -0.25) is 0 Å². The van der Waals surface area contributed by atoms with Crippen molar-refractivity contribution < 1.29 is 22.3 Å². The van der Waals surface area contributed by atoms with Gasteiger partial charge in [-0.2, -0.15) is 8.42 Å². The molecule has 0 spiro atoms. The molecule has 170 valence electrons. The minimum Gasteiger partial charge on any atom is -0.493 e. The molecule has 6 nitrogen and oxygen atoms in total. The van der Waals surface area contributed by atoms with Gasteiger partial charge in [-0.15, -0.1) is 0 Å². The molecule has 7 heteroatoms. The second-order valence-corrected chi connectivity index (χ2v) is 8.42. The molecule has 0 fully saturated rings. The van der Waals surface area contributed by atoms with Gasteiger partial charge in [0.15, 0.2) is 0 Å². The maximum atomic E-state index is 11.5. The topological polar surface area (TPSA) is 78.6 Å². The Morgan fingerprint density at radius 2 is 1.78 bits per heavy atom. The summed E-state index contributed by atoms with van der Waals surface area (Å²) in [7, 11) is -2.24. The van der Waals surface area contributed by atoms with Crippen molar-refractivity contribution in [2.24, 2.45) is 0 Å². The number of aryl methyl sites for hydroxylation is 2. The maximum absolute atomic E-state index is 11.5. The number of hydrogen-bond acceptors (Lipinski definition) is 6. The molecule has 0 aliphatic carbocycles. The lowest BCUT2D eigenvalue weighted by atomic mass is 10.1. The molecule has 0 N–H and O–H groups in total. The van der Waals surface area contributed by atoms with Crippen LogP contribution >= 0.6 is 0 Å². The zero-order valence-corrected chi connectivity index (χ0v) is 19.5. The fourth-order valence-electron chi connectivity index (χ4n) is 3.41. The van der Waals surface area contributed by atoms with E-state index in [1.54, 1.807) is 6.92 Å². The van der Waals surface area contributed by atoms with Crippen molar-refractivity contribution in [3.8, 4) is 17.2 Å². The zero-order chi connectivity index (χ0) is 22.9. The van der Waals surface area contributed by atoms with Crippen molar-refractivity contribution in [3.05, 3.63) is 71.6 Å². The van der Waals surface area contributed by atoms with Crippen LogP contribution in [0, 0.1) is 6.92 Å². The van der Waals surface area contributed by atoms with Gasteiger partial charge in [0.25, 0.3) is 0 Å². The van der Waals surface area contributed by atoms with Gasteiger partial charge in [0.2, 0.25) is 16.2 Å². The molecule has 0 bridgehead atoms. The second kappa shape index (κ2) is 11.6. The molecule has 0 radical (unpaired) electrons. The predicted molar refractivity (Wildman–Crippen MR) is 126 cm³/mol. The number of hydrogen-bond donors (Lipinski definition) is 0. The van der Waals surface area contributed by atoms with Gasteiger partial charge in [0.1, 0.15) is 11.5 Å². The highest BCUT2D eigenvalue weighted by molar-refractivity contribution is 7.73. The average molecular weight is 456 g/mol. The maximum Gasteiger partial charge on any atom is 0.226 e. The lowest BCUT2D eigenvalue weighted by molar-refractivity contribution is 0.122. The molecule has 0 aliphatic heterocycles. The molecule has 3 rings (SSSR count). The lowest BCUT2D eigenvalue weighted by Crippen LogP contribution is -2.22. The molecule has 1 heterocycles. The SMILES string of the molecule is CCOC(C)C(CCc1ccc(OCCc2nc(-c3ccccc3)oc2C)cc1)=S(=O)=O. The van der Waals surface area contributed by atoms with Crippen LogP contribution in [0.5, 0.6) is 5.75 Å². The van der Waals surface area contributed by atoms with E-state index in [1.165, 1.54) is 0 Å². The van der Waals surface area contributed by atoms with E-state index in [1.807, 2.05) is 68.4 Å². The van der Waals surface area contributed by atoms with Crippen molar-refractivity contribution in [2.45, 2.75) is 46.1 Å². The van der Waals surface area contributed by atoms with Crippen molar-refractivity contribution in [1.82, 2.24) is 4.98 Å². The van der Waals surface area contributed by atoms with Gasteiger partial charge in [0, 0.05) is 18.6 Å². The highest BCUT2D eigenvalue weighted by atomic mass is 32.2. The number of rotatable bonds is 11. The van der Waals surface area contributed by atoms with Gasteiger partial charge >= 0.3 is 0 Å². The summed E-state index contributed by atoms with van der Waals surface area (Å²) in [6, 6.07) is 17.5. The van der Waals surface area contributed by atoms with Crippen molar-refractivity contribution in [3.63, 3.8) is 0 Å². The van der Waals surface area contributed by atoms with E-state index in [-0.39, 0.29) is 0 Å². The molecular formula is C25H29NO5S. The van der Waals surface area contributed by atoms with Crippen molar-refractivity contribution >= 4 is 15.2 Å². The van der Waals surface area contributed by atoms with E-state index in [4.69, 9.17) is 13.9 Å². The number of benzene rings is 2. The van der Waals surface area contributed by atoms with Crippen LogP contribution in [-0.2, 0) is 27.9 Å². The molecule has 3 aromatic rings. The minimum absolute atomic E-state index is 0.394. The van der Waals surface area contributed by atoms with Crippen LogP contribution in [0.3, 0.4) is 0 Å². The summed E-state index contributed by atoms with van der Waals surface area (Å²) in [5.41, 5.74) is 2.89. The highest BCUT2D eigenvalue weighted by Crippen LogP contribution is 2.22. The Labute approximate surface area is 190 Å². The zero-order valence-electron chi connectivity index (χ0n) is 18.7. The molecule has 0 saturated carbocycles. The molecule has 1 unspecified atom stereocenters. The third kappa shape index (κ3) is 6.55. The summed E-state index contributed by atoms with van der Waals surface area (Å²) in [6.45, 7) is 6.50. The fraction of sp³-hybridized carbons (Fsp3) is 0.360. The van der Waals surface area contributed by atoms with E-state index in [0.29, 0.717) is 43.2 Å². The van der Waals surface area contributed by atoms with E-state index < -0.39 is 16.4 Å². The van der Waals surface area contributed by atoms with Crippen molar-refractivity contribution in [2.75, 3.05) is 13.2 Å². The fourth-order valence-corrected chi connectivity index (χ4v) is 4.02. The Morgan fingerprint density at radius 1 is 1.06 bits per heavy atom. The molecule has 0 aliphatic rings. The van der Waals surface area contributed by atoms with Crippen LogP contribution in [-0.4, -0.2) is 37.6 Å². The molecule has 1 atom stereocenters. The van der Waals surface area contributed by atoms with Crippen molar-refractivity contribution in [1.29, 1.82) is 0 Å². The summed E-state index contributed by atoms with van der Waals surface area (Å²) < 4.78 is 40.0. The number of ether oxygens (including phenoxy) is 2. The normalized spacial score (nSPS) is 11.8. The summed E-state index contributed by atoms with van der Waals surface area (Å²) in [6.07, 6.45) is 1.31. The number of oxazole rings is 1. The number of nitrogens with zero attached hydrogens (tertiary/aromatic N) is 1. The van der Waals surface area contributed by atoms with Crippen LogP contribution in [0.4, 0.5) is 0 Å². The first-order valence-corrected chi connectivity index (χ1v) is 11.9. The van der Waals surface area contributed by atoms with Crippen LogP contribution < -0.4 is 4.74 Å². The largest absolute Gasteiger partial charge is 0.493 e. The van der Waals surface area contributed by atoms with Gasteiger partial charge in [-0.05, 0) is 63.4 Å². The third-order valence-electron chi connectivity index (χ3n) is 5.19. The molecule has 1 aromatic heterocycles. The van der Waals surface area contributed by atoms with E-state index in [0.717, 1.165) is 28.3 Å². The summed E-state index contributed by atoms with van der Waals surface area (Å²) in [5, 5.41) is 0. The predicted octanol–water partition coefficient (Wildman–Crippen LogP) is 4.68. The lowest BCUT2D eigenvalue weighted by Gasteiger charge is -2.12. The Hall–Kier alpha value is -2.90. The monoisotopic (exact) mass is 455 g/mol. The van der Waals surface area contributed by atoms with Gasteiger partial charge in [-0.1, -0.05) is 30.3 Å². The summed E-state index contributed by atoms with van der Waals surface area (Å²) in [5.74, 6) is 2.18. The van der Waals surface area contributed by atoms with Crippen LogP contribution in [0.25, 0.3) is 11.5 Å². The van der Waals surface area contributed by atoms with E-state index in [2.05, 4.69) is 4.98 Å². The minimum atomic E-state index is -2.24. The van der Waals surface area contributed by atoms with Gasteiger partial charge in [-0.25, -0.2) is 4.98 Å². The first-order valence-electron chi connectivity index (χ1n) is 10.8. The summed E-state index contributed by atoms with van der Waals surface area (Å²) >= 11 is 0. The van der Waals surface area contributed by atoms with Crippen LogP contribution in [0.1, 0.15) is 37.3 Å². The molecule has 0 amide bonds. The first kappa shape index (κ1) is 23.8. The van der Waals surface area contributed by atoms with E-state index >= 15 is 0 Å². The molecular weight excluding hydrogens is 426 g/mol. The molecule has 2 aromatic carbocycles. The Morgan fingerprint density at radius 3 is 2.44 bits per heavy atom. The Kier molecular flexibility index (Phi) is 8.64. The number of aromatic nitrogens is 1. The smallest absolute Gasteiger partial charge is 0.226 e. The first-order chi connectivity index (χ1) is 15.5. The Bertz CT molecular complexity index is 1130. The Balaban J connectivity index is 1.51. The van der Waals surface area contributed by atoms with Crippen LogP contribution in [0.15, 0.2) is 59.0 Å².